The quantitative estimate of drug-likeness (QED) is 0.681. The molecule has 0 bridgehead atoms. The van der Waals surface area contributed by atoms with Crippen LogP contribution in [0.25, 0.3) is 10.9 Å². The third kappa shape index (κ3) is 2.60. The first-order chi connectivity index (χ1) is 9.63. The van der Waals surface area contributed by atoms with Gasteiger partial charge < -0.3 is 10.3 Å². The third-order valence-electron chi connectivity index (χ3n) is 3.13. The van der Waals surface area contributed by atoms with Crippen LogP contribution < -0.4 is 5.32 Å². The van der Waals surface area contributed by atoms with Gasteiger partial charge in [0.25, 0.3) is 0 Å². The van der Waals surface area contributed by atoms with E-state index in [4.69, 9.17) is 23.2 Å². The van der Waals surface area contributed by atoms with Crippen molar-refractivity contribution in [2.45, 2.75) is 6.54 Å². The van der Waals surface area contributed by atoms with Gasteiger partial charge in [-0.1, -0.05) is 29.3 Å². The minimum absolute atomic E-state index is 0.345. The standard InChI is InChI=1S/C15H11Cl2FN2/c16-10-1-3-12-9(8-20-15(12)5-10)7-19-14-4-2-11(18)6-13(14)17/h1-6,8,19-20H,7H2. The molecule has 1 aromatic heterocycles. The molecule has 0 saturated carbocycles. The van der Waals surface area contributed by atoms with Gasteiger partial charge in [0.2, 0.25) is 0 Å². The van der Waals surface area contributed by atoms with Crippen LogP contribution in [-0.2, 0) is 6.54 Å². The number of hydrogen-bond acceptors (Lipinski definition) is 1. The van der Waals surface area contributed by atoms with Crippen LogP contribution in [-0.4, -0.2) is 4.98 Å². The van der Waals surface area contributed by atoms with Crippen molar-refractivity contribution in [3.8, 4) is 0 Å². The molecular weight excluding hydrogens is 298 g/mol. The third-order valence-corrected chi connectivity index (χ3v) is 3.68. The fraction of sp³-hybridized carbons (Fsp3) is 0.0667. The van der Waals surface area contributed by atoms with Crippen LogP contribution in [0.4, 0.5) is 10.1 Å². The summed E-state index contributed by atoms with van der Waals surface area (Å²) in [5, 5.41) is 5.36. The van der Waals surface area contributed by atoms with E-state index < -0.39 is 0 Å². The van der Waals surface area contributed by atoms with E-state index in [0.717, 1.165) is 16.5 Å². The molecule has 2 aromatic carbocycles. The van der Waals surface area contributed by atoms with Crippen molar-refractivity contribution in [2.24, 2.45) is 0 Å². The number of aromatic amines is 1. The first kappa shape index (κ1) is 13.3. The molecule has 0 aliphatic heterocycles. The summed E-state index contributed by atoms with van der Waals surface area (Å²) < 4.78 is 13.0. The molecule has 0 spiro atoms. The molecule has 0 radical (unpaired) electrons. The first-order valence-corrected chi connectivity index (χ1v) is 6.83. The minimum atomic E-state index is -0.345. The monoisotopic (exact) mass is 308 g/mol. The van der Waals surface area contributed by atoms with E-state index in [9.17, 15) is 4.39 Å². The fourth-order valence-electron chi connectivity index (χ4n) is 2.13. The minimum Gasteiger partial charge on any atom is -0.380 e. The smallest absolute Gasteiger partial charge is 0.124 e. The lowest BCUT2D eigenvalue weighted by atomic mass is 10.1. The molecule has 1 heterocycles. The summed E-state index contributed by atoms with van der Waals surface area (Å²) in [5.74, 6) is -0.345. The Kier molecular flexibility index (Phi) is 3.55. The zero-order chi connectivity index (χ0) is 14.1. The van der Waals surface area contributed by atoms with Crippen LogP contribution in [0.2, 0.25) is 10.0 Å². The van der Waals surface area contributed by atoms with Gasteiger partial charge in [-0.25, -0.2) is 4.39 Å². The van der Waals surface area contributed by atoms with Gasteiger partial charge in [0.1, 0.15) is 5.82 Å². The van der Waals surface area contributed by atoms with Crippen LogP contribution in [0.5, 0.6) is 0 Å². The molecule has 5 heteroatoms. The summed E-state index contributed by atoms with van der Waals surface area (Å²) >= 11 is 11.9. The summed E-state index contributed by atoms with van der Waals surface area (Å²) in [6, 6.07) is 10.0. The van der Waals surface area contributed by atoms with Crippen LogP contribution in [0.3, 0.4) is 0 Å². The number of anilines is 1. The van der Waals surface area contributed by atoms with Gasteiger partial charge in [-0.2, -0.15) is 0 Å². The second kappa shape index (κ2) is 5.35. The van der Waals surface area contributed by atoms with Gasteiger partial charge in [-0.3, -0.25) is 0 Å². The van der Waals surface area contributed by atoms with Crippen molar-refractivity contribution in [3.05, 3.63) is 64.0 Å². The zero-order valence-electron chi connectivity index (χ0n) is 10.4. The molecule has 20 heavy (non-hydrogen) atoms. The highest BCUT2D eigenvalue weighted by Crippen LogP contribution is 2.25. The van der Waals surface area contributed by atoms with Gasteiger partial charge in [0.05, 0.1) is 10.7 Å². The number of benzene rings is 2. The van der Waals surface area contributed by atoms with Gasteiger partial charge in [0, 0.05) is 28.7 Å². The second-order valence-electron chi connectivity index (χ2n) is 4.48. The Labute approximate surface area is 125 Å². The summed E-state index contributed by atoms with van der Waals surface area (Å²) in [7, 11) is 0. The Morgan fingerprint density at radius 1 is 1.10 bits per heavy atom. The Bertz CT molecular complexity index is 768. The molecular formula is C15H11Cl2FN2. The van der Waals surface area contributed by atoms with E-state index >= 15 is 0 Å². The number of nitrogens with one attached hydrogen (secondary N) is 2. The second-order valence-corrected chi connectivity index (χ2v) is 5.33. The highest BCUT2D eigenvalue weighted by Gasteiger charge is 2.06. The average molecular weight is 309 g/mol. The van der Waals surface area contributed by atoms with Gasteiger partial charge in [-0.15, -0.1) is 0 Å². The molecule has 0 aliphatic carbocycles. The Balaban J connectivity index is 1.83. The molecule has 0 atom stereocenters. The maximum absolute atomic E-state index is 13.0. The number of rotatable bonds is 3. The van der Waals surface area contributed by atoms with Gasteiger partial charge in [0.15, 0.2) is 0 Å². The molecule has 0 unspecified atom stereocenters. The van der Waals surface area contributed by atoms with Gasteiger partial charge >= 0.3 is 0 Å². The van der Waals surface area contributed by atoms with Gasteiger partial charge in [-0.05, 0) is 35.9 Å². The van der Waals surface area contributed by atoms with Crippen LogP contribution >= 0.6 is 23.2 Å². The van der Waals surface area contributed by atoms with E-state index in [2.05, 4.69) is 10.3 Å². The maximum Gasteiger partial charge on any atom is 0.124 e. The highest BCUT2D eigenvalue weighted by atomic mass is 35.5. The normalized spacial score (nSPS) is 10.9. The number of aromatic nitrogens is 1. The number of H-pyrrole nitrogens is 1. The topological polar surface area (TPSA) is 27.8 Å². The molecule has 0 amide bonds. The zero-order valence-corrected chi connectivity index (χ0v) is 11.9. The summed E-state index contributed by atoms with van der Waals surface area (Å²) in [5.41, 5.74) is 2.79. The Morgan fingerprint density at radius 2 is 1.95 bits per heavy atom. The molecule has 3 rings (SSSR count). The summed E-state index contributed by atoms with van der Waals surface area (Å²) in [6.07, 6.45) is 1.92. The largest absolute Gasteiger partial charge is 0.380 e. The van der Waals surface area contributed by atoms with Crippen molar-refractivity contribution in [1.29, 1.82) is 0 Å². The summed E-state index contributed by atoms with van der Waals surface area (Å²) in [4.78, 5) is 3.17. The number of fused-ring (bicyclic) bond motifs is 1. The van der Waals surface area contributed by atoms with Crippen molar-refractivity contribution >= 4 is 39.8 Å². The van der Waals surface area contributed by atoms with Crippen LogP contribution in [0.15, 0.2) is 42.6 Å². The summed E-state index contributed by atoms with van der Waals surface area (Å²) in [6.45, 7) is 0.590. The Hall–Kier alpha value is -1.71. The van der Waals surface area contributed by atoms with E-state index in [0.29, 0.717) is 22.3 Å². The van der Waals surface area contributed by atoms with Crippen molar-refractivity contribution < 1.29 is 4.39 Å². The highest BCUT2D eigenvalue weighted by molar-refractivity contribution is 6.33. The molecule has 102 valence electrons. The molecule has 2 nitrogen and oxygen atoms in total. The first-order valence-electron chi connectivity index (χ1n) is 6.08. The van der Waals surface area contributed by atoms with Crippen molar-refractivity contribution in [2.75, 3.05) is 5.32 Å². The fourth-order valence-corrected chi connectivity index (χ4v) is 2.53. The predicted octanol–water partition coefficient (Wildman–Crippen LogP) is 5.23. The molecule has 0 aliphatic rings. The maximum atomic E-state index is 13.0. The average Bonchev–Trinajstić information content (AvgIpc) is 2.80. The van der Waals surface area contributed by atoms with E-state index in [1.54, 1.807) is 6.07 Å². The van der Waals surface area contributed by atoms with E-state index in [1.165, 1.54) is 12.1 Å². The van der Waals surface area contributed by atoms with E-state index in [-0.39, 0.29) is 5.82 Å². The molecule has 0 saturated heterocycles. The molecule has 0 fully saturated rings. The van der Waals surface area contributed by atoms with Crippen LogP contribution in [0.1, 0.15) is 5.56 Å². The van der Waals surface area contributed by atoms with Crippen molar-refractivity contribution in [3.63, 3.8) is 0 Å². The Morgan fingerprint density at radius 3 is 2.75 bits per heavy atom. The number of hydrogen-bond donors (Lipinski definition) is 2. The SMILES string of the molecule is Fc1ccc(NCc2c[nH]c3cc(Cl)ccc23)c(Cl)c1. The lowest BCUT2D eigenvalue weighted by Gasteiger charge is -2.07. The lowest BCUT2D eigenvalue weighted by Crippen LogP contribution is -1.99. The predicted molar refractivity (Wildman–Crippen MR) is 82.0 cm³/mol. The molecule has 3 aromatic rings. The van der Waals surface area contributed by atoms with Crippen LogP contribution in [0, 0.1) is 5.82 Å². The van der Waals surface area contributed by atoms with Crippen molar-refractivity contribution in [1.82, 2.24) is 4.98 Å². The number of halogens is 3. The lowest BCUT2D eigenvalue weighted by molar-refractivity contribution is 0.628. The molecule has 2 N–H and O–H groups in total. The van der Waals surface area contributed by atoms with E-state index in [1.807, 2.05) is 24.4 Å².